The molecule has 12 heavy (non-hydrogen) atoms. The van der Waals surface area contributed by atoms with E-state index in [4.69, 9.17) is 10.2 Å². The van der Waals surface area contributed by atoms with Crippen LogP contribution < -0.4 is 5.32 Å². The van der Waals surface area contributed by atoms with Crippen LogP contribution in [0.4, 0.5) is 0 Å². The first-order chi connectivity index (χ1) is 5.55. The van der Waals surface area contributed by atoms with Crippen LogP contribution in [0.1, 0.15) is 20.3 Å². The van der Waals surface area contributed by atoms with Gasteiger partial charge in [0.05, 0.1) is 24.9 Å². The Hall–Kier alpha value is -0.160. The van der Waals surface area contributed by atoms with E-state index in [1.165, 1.54) is 0 Å². The van der Waals surface area contributed by atoms with E-state index in [0.29, 0.717) is 13.0 Å². The predicted molar refractivity (Wildman–Crippen MR) is 46.9 cm³/mol. The smallest absolute Gasteiger partial charge is 0.0741 e. The minimum absolute atomic E-state index is 0.115. The maximum Gasteiger partial charge on any atom is 0.0741 e. The zero-order chi connectivity index (χ0) is 9.61. The van der Waals surface area contributed by atoms with E-state index < -0.39 is 5.60 Å². The van der Waals surface area contributed by atoms with E-state index in [1.807, 2.05) is 6.92 Å². The van der Waals surface area contributed by atoms with Crippen molar-refractivity contribution < 1.29 is 15.3 Å². The van der Waals surface area contributed by atoms with E-state index >= 15 is 0 Å². The fourth-order valence-corrected chi connectivity index (χ4v) is 0.676. The fourth-order valence-electron chi connectivity index (χ4n) is 0.676. The van der Waals surface area contributed by atoms with Gasteiger partial charge in [0.25, 0.3) is 0 Å². The molecule has 0 amide bonds. The summed E-state index contributed by atoms with van der Waals surface area (Å²) in [4.78, 5) is 0. The molecular weight excluding hydrogens is 158 g/mol. The second-order valence-electron chi connectivity index (χ2n) is 3.29. The number of nitrogens with one attached hydrogen (secondary N) is 1. The van der Waals surface area contributed by atoms with E-state index in [2.05, 4.69) is 5.32 Å². The van der Waals surface area contributed by atoms with Crippen molar-refractivity contribution in [1.82, 2.24) is 5.32 Å². The topological polar surface area (TPSA) is 72.7 Å². The van der Waals surface area contributed by atoms with Gasteiger partial charge in [0.2, 0.25) is 0 Å². The quantitative estimate of drug-likeness (QED) is 0.424. The molecule has 0 saturated heterocycles. The summed E-state index contributed by atoms with van der Waals surface area (Å²) < 4.78 is 0. The van der Waals surface area contributed by atoms with Gasteiger partial charge in [0, 0.05) is 6.54 Å². The van der Waals surface area contributed by atoms with E-state index in [0.717, 1.165) is 0 Å². The Labute approximate surface area is 73.2 Å². The standard InChI is InChI=1S/C8H19NO3/c1-3-8(2,12)6-9-7(4-10)5-11/h7,9-12H,3-6H2,1-2H3. The van der Waals surface area contributed by atoms with Gasteiger partial charge in [-0.15, -0.1) is 0 Å². The Bertz CT molecular complexity index is 113. The molecule has 0 aliphatic carbocycles. The molecule has 1 atom stereocenters. The second-order valence-corrected chi connectivity index (χ2v) is 3.29. The van der Waals surface area contributed by atoms with Gasteiger partial charge in [0.15, 0.2) is 0 Å². The van der Waals surface area contributed by atoms with Crippen LogP contribution in [0, 0.1) is 0 Å². The highest BCUT2D eigenvalue weighted by molar-refractivity contribution is 4.76. The summed E-state index contributed by atoms with van der Waals surface area (Å²) in [7, 11) is 0. The first-order valence-electron chi connectivity index (χ1n) is 4.23. The van der Waals surface area contributed by atoms with Gasteiger partial charge in [0.1, 0.15) is 0 Å². The second kappa shape index (κ2) is 5.48. The molecule has 0 aliphatic rings. The number of aliphatic hydroxyl groups is 3. The van der Waals surface area contributed by atoms with E-state index in [1.54, 1.807) is 6.92 Å². The molecule has 74 valence electrons. The Kier molecular flexibility index (Phi) is 5.41. The summed E-state index contributed by atoms with van der Waals surface area (Å²) >= 11 is 0. The van der Waals surface area contributed by atoms with E-state index in [-0.39, 0.29) is 19.3 Å². The molecule has 0 spiro atoms. The van der Waals surface area contributed by atoms with Crippen molar-refractivity contribution in [3.05, 3.63) is 0 Å². The summed E-state index contributed by atoms with van der Waals surface area (Å²) in [6, 6.07) is -0.331. The summed E-state index contributed by atoms with van der Waals surface area (Å²) in [5.74, 6) is 0. The summed E-state index contributed by atoms with van der Waals surface area (Å²) in [5, 5.41) is 29.8. The minimum Gasteiger partial charge on any atom is -0.395 e. The average Bonchev–Trinajstić information content (AvgIpc) is 2.06. The maximum atomic E-state index is 9.54. The van der Waals surface area contributed by atoms with Gasteiger partial charge in [-0.05, 0) is 13.3 Å². The Morgan fingerprint density at radius 1 is 1.33 bits per heavy atom. The van der Waals surface area contributed by atoms with Gasteiger partial charge in [-0.1, -0.05) is 6.92 Å². The number of hydrogen-bond donors (Lipinski definition) is 4. The third kappa shape index (κ3) is 4.66. The SMILES string of the molecule is CCC(C)(O)CNC(CO)CO. The molecule has 0 heterocycles. The largest absolute Gasteiger partial charge is 0.395 e. The van der Waals surface area contributed by atoms with Gasteiger partial charge in [-0.25, -0.2) is 0 Å². The first-order valence-corrected chi connectivity index (χ1v) is 4.23. The van der Waals surface area contributed by atoms with Crippen LogP contribution in [0.3, 0.4) is 0 Å². The van der Waals surface area contributed by atoms with Gasteiger partial charge in [-0.3, -0.25) is 0 Å². The lowest BCUT2D eigenvalue weighted by atomic mass is 10.0. The van der Waals surface area contributed by atoms with E-state index in [9.17, 15) is 5.11 Å². The molecule has 4 heteroatoms. The molecule has 0 aliphatic heterocycles. The molecule has 0 aromatic heterocycles. The highest BCUT2D eigenvalue weighted by Crippen LogP contribution is 2.05. The lowest BCUT2D eigenvalue weighted by Crippen LogP contribution is -2.45. The Morgan fingerprint density at radius 3 is 2.17 bits per heavy atom. The molecule has 0 saturated carbocycles. The molecule has 1 unspecified atom stereocenters. The zero-order valence-electron chi connectivity index (χ0n) is 7.75. The van der Waals surface area contributed by atoms with Crippen LogP contribution in [-0.4, -0.2) is 46.7 Å². The zero-order valence-corrected chi connectivity index (χ0v) is 7.75. The number of aliphatic hydroxyl groups excluding tert-OH is 2. The summed E-state index contributed by atoms with van der Waals surface area (Å²) in [5.41, 5.74) is -0.761. The fraction of sp³-hybridized carbons (Fsp3) is 1.00. The lowest BCUT2D eigenvalue weighted by Gasteiger charge is -2.24. The molecule has 0 aromatic carbocycles. The monoisotopic (exact) mass is 177 g/mol. The van der Waals surface area contributed by atoms with Crippen LogP contribution in [0.2, 0.25) is 0 Å². The normalized spacial score (nSPS) is 16.5. The first kappa shape index (κ1) is 11.8. The van der Waals surface area contributed by atoms with Crippen LogP contribution in [0.5, 0.6) is 0 Å². The highest BCUT2D eigenvalue weighted by atomic mass is 16.3. The average molecular weight is 177 g/mol. The van der Waals surface area contributed by atoms with Crippen molar-refractivity contribution in [1.29, 1.82) is 0 Å². The molecule has 0 fully saturated rings. The van der Waals surface area contributed by atoms with Crippen molar-refractivity contribution in [3.8, 4) is 0 Å². The lowest BCUT2D eigenvalue weighted by molar-refractivity contribution is 0.0461. The van der Waals surface area contributed by atoms with Gasteiger partial charge < -0.3 is 20.6 Å². The molecule has 0 bridgehead atoms. The van der Waals surface area contributed by atoms with Gasteiger partial charge >= 0.3 is 0 Å². The van der Waals surface area contributed by atoms with Crippen LogP contribution >= 0.6 is 0 Å². The maximum absolute atomic E-state index is 9.54. The molecular formula is C8H19NO3. The molecule has 0 aromatic rings. The molecule has 4 nitrogen and oxygen atoms in total. The number of rotatable bonds is 6. The van der Waals surface area contributed by atoms with Crippen molar-refractivity contribution >= 4 is 0 Å². The molecule has 4 N–H and O–H groups in total. The van der Waals surface area contributed by atoms with Crippen LogP contribution in [0.15, 0.2) is 0 Å². The van der Waals surface area contributed by atoms with Crippen molar-refractivity contribution in [3.63, 3.8) is 0 Å². The third-order valence-corrected chi connectivity index (χ3v) is 1.97. The summed E-state index contributed by atoms with van der Waals surface area (Å²) in [6.07, 6.45) is 0.642. The third-order valence-electron chi connectivity index (χ3n) is 1.97. The highest BCUT2D eigenvalue weighted by Gasteiger charge is 2.18. The Morgan fingerprint density at radius 2 is 1.83 bits per heavy atom. The number of hydrogen-bond acceptors (Lipinski definition) is 4. The van der Waals surface area contributed by atoms with Crippen molar-refractivity contribution in [2.45, 2.75) is 31.9 Å². The summed E-state index contributed by atoms with van der Waals surface area (Å²) in [6.45, 7) is 3.75. The molecule has 0 radical (unpaired) electrons. The minimum atomic E-state index is -0.761. The van der Waals surface area contributed by atoms with Crippen LogP contribution in [-0.2, 0) is 0 Å². The van der Waals surface area contributed by atoms with Crippen LogP contribution in [0.25, 0.3) is 0 Å². The van der Waals surface area contributed by atoms with Crippen molar-refractivity contribution in [2.24, 2.45) is 0 Å². The predicted octanol–water partition coefficient (Wildman–Crippen LogP) is -0.910. The Balaban J connectivity index is 3.65. The van der Waals surface area contributed by atoms with Gasteiger partial charge in [-0.2, -0.15) is 0 Å². The van der Waals surface area contributed by atoms with Crippen molar-refractivity contribution in [2.75, 3.05) is 19.8 Å². The molecule has 0 rings (SSSR count).